The number of rotatable bonds is 2. The highest BCUT2D eigenvalue weighted by Gasteiger charge is 2.11. The van der Waals surface area contributed by atoms with E-state index >= 15 is 0 Å². The number of methoxy groups -OCH3 is 1. The SMILES string of the molecule is COc1cc2ncnc(C)c2cc1OC(C)=O. The van der Waals surface area contributed by atoms with Crippen LogP contribution in [0.1, 0.15) is 12.6 Å². The van der Waals surface area contributed by atoms with Crippen molar-refractivity contribution in [3.63, 3.8) is 0 Å². The smallest absolute Gasteiger partial charge is 0.308 e. The summed E-state index contributed by atoms with van der Waals surface area (Å²) in [4.78, 5) is 19.2. The first-order valence-corrected chi connectivity index (χ1v) is 5.09. The predicted octanol–water partition coefficient (Wildman–Crippen LogP) is 1.87. The zero-order valence-electron chi connectivity index (χ0n) is 9.85. The summed E-state index contributed by atoms with van der Waals surface area (Å²) in [7, 11) is 1.52. The number of ether oxygens (including phenoxy) is 2. The number of carbonyl (C=O) groups excluding carboxylic acids is 1. The highest BCUT2D eigenvalue weighted by Crippen LogP contribution is 2.32. The van der Waals surface area contributed by atoms with E-state index in [9.17, 15) is 4.79 Å². The van der Waals surface area contributed by atoms with Crippen molar-refractivity contribution in [2.24, 2.45) is 0 Å². The Hall–Kier alpha value is -2.17. The van der Waals surface area contributed by atoms with E-state index in [2.05, 4.69) is 9.97 Å². The molecule has 1 aromatic heterocycles. The van der Waals surface area contributed by atoms with E-state index in [4.69, 9.17) is 9.47 Å². The topological polar surface area (TPSA) is 61.3 Å². The molecule has 0 amide bonds. The van der Waals surface area contributed by atoms with E-state index in [0.29, 0.717) is 11.5 Å². The van der Waals surface area contributed by atoms with Crippen LogP contribution in [0, 0.1) is 6.92 Å². The molecule has 0 aliphatic rings. The summed E-state index contributed by atoms with van der Waals surface area (Å²) in [6, 6.07) is 3.44. The predicted molar refractivity (Wildman–Crippen MR) is 62.1 cm³/mol. The van der Waals surface area contributed by atoms with Crippen molar-refractivity contribution >= 4 is 16.9 Å². The summed E-state index contributed by atoms with van der Waals surface area (Å²) < 4.78 is 10.2. The molecule has 0 radical (unpaired) electrons. The Balaban J connectivity index is 2.65. The minimum Gasteiger partial charge on any atom is -0.493 e. The van der Waals surface area contributed by atoms with Gasteiger partial charge in [-0.15, -0.1) is 0 Å². The average Bonchev–Trinajstić information content (AvgIpc) is 2.29. The van der Waals surface area contributed by atoms with E-state index in [1.807, 2.05) is 6.92 Å². The van der Waals surface area contributed by atoms with E-state index in [-0.39, 0.29) is 0 Å². The van der Waals surface area contributed by atoms with Crippen LogP contribution in [0.2, 0.25) is 0 Å². The van der Waals surface area contributed by atoms with Crippen molar-refractivity contribution < 1.29 is 14.3 Å². The van der Waals surface area contributed by atoms with Gasteiger partial charge in [-0.3, -0.25) is 4.79 Å². The van der Waals surface area contributed by atoms with Gasteiger partial charge in [-0.1, -0.05) is 0 Å². The van der Waals surface area contributed by atoms with Gasteiger partial charge in [-0.2, -0.15) is 0 Å². The molecule has 0 aliphatic heterocycles. The van der Waals surface area contributed by atoms with Gasteiger partial charge in [0.1, 0.15) is 6.33 Å². The van der Waals surface area contributed by atoms with Gasteiger partial charge in [-0.25, -0.2) is 9.97 Å². The van der Waals surface area contributed by atoms with Crippen molar-refractivity contribution in [2.75, 3.05) is 7.11 Å². The van der Waals surface area contributed by atoms with Crippen LogP contribution >= 0.6 is 0 Å². The van der Waals surface area contributed by atoms with Crippen LogP contribution in [0.4, 0.5) is 0 Å². The Bertz CT molecular complexity index is 581. The van der Waals surface area contributed by atoms with Crippen LogP contribution in [-0.4, -0.2) is 23.0 Å². The number of carbonyl (C=O) groups is 1. The van der Waals surface area contributed by atoms with Gasteiger partial charge in [0.05, 0.1) is 12.6 Å². The summed E-state index contributed by atoms with van der Waals surface area (Å²) in [5.74, 6) is 0.466. The summed E-state index contributed by atoms with van der Waals surface area (Å²) in [5, 5.41) is 0.838. The lowest BCUT2D eigenvalue weighted by molar-refractivity contribution is -0.131. The highest BCUT2D eigenvalue weighted by atomic mass is 16.6. The second-order valence-electron chi connectivity index (χ2n) is 3.57. The van der Waals surface area contributed by atoms with Gasteiger partial charge in [-0.05, 0) is 13.0 Å². The van der Waals surface area contributed by atoms with Crippen LogP contribution in [0.3, 0.4) is 0 Å². The molecule has 0 unspecified atom stereocenters. The maximum absolute atomic E-state index is 11.0. The van der Waals surface area contributed by atoms with Gasteiger partial charge in [0, 0.05) is 24.1 Å². The number of nitrogens with zero attached hydrogens (tertiary/aromatic N) is 2. The highest BCUT2D eigenvalue weighted by molar-refractivity contribution is 5.85. The lowest BCUT2D eigenvalue weighted by Crippen LogP contribution is -2.03. The monoisotopic (exact) mass is 232 g/mol. The molecule has 0 bridgehead atoms. The number of aryl methyl sites for hydroxylation is 1. The van der Waals surface area contributed by atoms with Gasteiger partial charge in [0.15, 0.2) is 11.5 Å². The Morgan fingerprint density at radius 2 is 2.00 bits per heavy atom. The first-order valence-electron chi connectivity index (χ1n) is 5.09. The third-order valence-electron chi connectivity index (χ3n) is 2.37. The minimum absolute atomic E-state index is 0.380. The first-order chi connectivity index (χ1) is 8.11. The molecule has 2 rings (SSSR count). The minimum atomic E-state index is -0.392. The van der Waals surface area contributed by atoms with Crippen molar-refractivity contribution in [1.82, 2.24) is 9.97 Å². The number of esters is 1. The lowest BCUT2D eigenvalue weighted by atomic mass is 10.2. The maximum atomic E-state index is 11.0. The molecule has 0 spiro atoms. The Morgan fingerprint density at radius 1 is 1.24 bits per heavy atom. The fourth-order valence-corrected chi connectivity index (χ4v) is 1.59. The third-order valence-corrected chi connectivity index (χ3v) is 2.37. The molecular weight excluding hydrogens is 220 g/mol. The molecule has 0 atom stereocenters. The molecule has 5 heteroatoms. The van der Waals surface area contributed by atoms with E-state index in [0.717, 1.165) is 16.6 Å². The number of aromatic nitrogens is 2. The van der Waals surface area contributed by atoms with E-state index in [1.54, 1.807) is 12.1 Å². The fraction of sp³-hybridized carbons (Fsp3) is 0.250. The molecule has 0 N–H and O–H groups in total. The number of hydrogen-bond donors (Lipinski definition) is 0. The van der Waals surface area contributed by atoms with E-state index in [1.165, 1.54) is 20.4 Å². The van der Waals surface area contributed by atoms with Gasteiger partial charge < -0.3 is 9.47 Å². The van der Waals surface area contributed by atoms with Crippen molar-refractivity contribution in [3.05, 3.63) is 24.2 Å². The van der Waals surface area contributed by atoms with Crippen LogP contribution < -0.4 is 9.47 Å². The van der Waals surface area contributed by atoms with Crippen molar-refractivity contribution in [3.8, 4) is 11.5 Å². The molecule has 88 valence electrons. The number of benzene rings is 1. The summed E-state index contributed by atoms with van der Waals surface area (Å²) in [5.41, 5.74) is 1.58. The Morgan fingerprint density at radius 3 is 2.65 bits per heavy atom. The molecule has 0 saturated carbocycles. The lowest BCUT2D eigenvalue weighted by Gasteiger charge is -2.09. The van der Waals surface area contributed by atoms with Gasteiger partial charge in [0.2, 0.25) is 0 Å². The number of fused-ring (bicyclic) bond motifs is 1. The quantitative estimate of drug-likeness (QED) is 0.584. The Labute approximate surface area is 98.4 Å². The third kappa shape index (κ3) is 2.18. The second kappa shape index (κ2) is 4.37. The van der Waals surface area contributed by atoms with Crippen LogP contribution in [0.25, 0.3) is 10.9 Å². The van der Waals surface area contributed by atoms with Crippen LogP contribution in [0.5, 0.6) is 11.5 Å². The molecule has 0 saturated heterocycles. The summed E-state index contributed by atoms with van der Waals surface area (Å²) in [6.45, 7) is 3.21. The average molecular weight is 232 g/mol. The zero-order valence-corrected chi connectivity index (χ0v) is 9.85. The molecule has 0 aliphatic carbocycles. The zero-order chi connectivity index (χ0) is 12.4. The Kier molecular flexibility index (Phi) is 2.91. The maximum Gasteiger partial charge on any atom is 0.308 e. The largest absolute Gasteiger partial charge is 0.493 e. The molecular formula is C12H12N2O3. The second-order valence-corrected chi connectivity index (χ2v) is 3.57. The van der Waals surface area contributed by atoms with Gasteiger partial charge >= 0.3 is 5.97 Å². The standard InChI is InChI=1S/C12H12N2O3/c1-7-9-4-12(17-8(2)15)11(16-3)5-10(9)14-6-13-7/h4-6H,1-3H3. The van der Waals surface area contributed by atoms with Crippen LogP contribution in [-0.2, 0) is 4.79 Å². The molecule has 2 aromatic rings. The van der Waals surface area contributed by atoms with Crippen molar-refractivity contribution in [1.29, 1.82) is 0 Å². The molecule has 0 fully saturated rings. The van der Waals surface area contributed by atoms with E-state index < -0.39 is 5.97 Å². The summed E-state index contributed by atoms with van der Waals surface area (Å²) in [6.07, 6.45) is 1.49. The van der Waals surface area contributed by atoms with Crippen molar-refractivity contribution in [2.45, 2.75) is 13.8 Å². The molecule has 1 aromatic carbocycles. The first kappa shape index (κ1) is 11.3. The van der Waals surface area contributed by atoms with Crippen LogP contribution in [0.15, 0.2) is 18.5 Å². The fourth-order valence-electron chi connectivity index (χ4n) is 1.59. The molecule has 1 heterocycles. The summed E-state index contributed by atoms with van der Waals surface area (Å²) >= 11 is 0. The normalized spacial score (nSPS) is 10.3. The number of hydrogen-bond acceptors (Lipinski definition) is 5. The molecule has 17 heavy (non-hydrogen) atoms. The molecule has 5 nitrogen and oxygen atoms in total. The van der Waals surface area contributed by atoms with Gasteiger partial charge in [0.25, 0.3) is 0 Å².